The van der Waals surface area contributed by atoms with Crippen molar-refractivity contribution < 1.29 is 19.4 Å². The predicted octanol–water partition coefficient (Wildman–Crippen LogP) is 3.55. The molecule has 150 valence electrons. The lowest BCUT2D eigenvalue weighted by molar-refractivity contribution is -0.132. The normalized spacial score (nSPS) is 13.8. The Morgan fingerprint density at radius 1 is 1.14 bits per heavy atom. The SMILES string of the molecule is Cc1c(OCC(=O)N2CCCC2)ccc(-c2nc3ccc(C(=O)O)cc3[nH]2)c1C. The molecule has 0 spiro atoms. The Hall–Kier alpha value is -3.35. The number of hydrogen-bond donors (Lipinski definition) is 2. The monoisotopic (exact) mass is 393 g/mol. The summed E-state index contributed by atoms with van der Waals surface area (Å²) < 4.78 is 5.80. The van der Waals surface area contributed by atoms with Gasteiger partial charge in [0.25, 0.3) is 5.91 Å². The van der Waals surface area contributed by atoms with E-state index >= 15 is 0 Å². The number of aromatic amines is 1. The van der Waals surface area contributed by atoms with E-state index in [1.807, 2.05) is 30.9 Å². The number of carboxylic acids is 1. The number of nitrogens with one attached hydrogen (secondary N) is 1. The topological polar surface area (TPSA) is 95.5 Å². The maximum absolute atomic E-state index is 12.2. The number of rotatable bonds is 5. The van der Waals surface area contributed by atoms with Gasteiger partial charge in [0.1, 0.15) is 11.6 Å². The van der Waals surface area contributed by atoms with Gasteiger partial charge in [-0.2, -0.15) is 0 Å². The first-order chi connectivity index (χ1) is 13.9. The van der Waals surface area contributed by atoms with Gasteiger partial charge in [-0.05, 0) is 68.1 Å². The lowest BCUT2D eigenvalue weighted by atomic mass is 10.0. The van der Waals surface area contributed by atoms with Crippen LogP contribution in [0.15, 0.2) is 30.3 Å². The minimum Gasteiger partial charge on any atom is -0.483 e. The van der Waals surface area contributed by atoms with Crippen molar-refractivity contribution in [3.05, 3.63) is 47.0 Å². The van der Waals surface area contributed by atoms with E-state index in [-0.39, 0.29) is 18.1 Å². The molecule has 7 heteroatoms. The zero-order valence-electron chi connectivity index (χ0n) is 16.5. The van der Waals surface area contributed by atoms with Crippen molar-refractivity contribution in [3.63, 3.8) is 0 Å². The van der Waals surface area contributed by atoms with Gasteiger partial charge in [0.2, 0.25) is 0 Å². The first-order valence-corrected chi connectivity index (χ1v) is 9.68. The number of aromatic carboxylic acids is 1. The van der Waals surface area contributed by atoms with Gasteiger partial charge in [0.15, 0.2) is 6.61 Å². The van der Waals surface area contributed by atoms with Crippen molar-refractivity contribution in [2.45, 2.75) is 26.7 Å². The molecule has 0 atom stereocenters. The van der Waals surface area contributed by atoms with Crippen molar-refractivity contribution in [2.75, 3.05) is 19.7 Å². The van der Waals surface area contributed by atoms with Crippen LogP contribution >= 0.6 is 0 Å². The minimum atomic E-state index is -0.972. The Kier molecular flexibility index (Phi) is 4.96. The Morgan fingerprint density at radius 3 is 2.62 bits per heavy atom. The minimum absolute atomic E-state index is 0.0233. The van der Waals surface area contributed by atoms with E-state index in [4.69, 9.17) is 9.84 Å². The van der Waals surface area contributed by atoms with Gasteiger partial charge >= 0.3 is 5.97 Å². The summed E-state index contributed by atoms with van der Waals surface area (Å²) in [5, 5.41) is 9.16. The fourth-order valence-electron chi connectivity index (χ4n) is 3.68. The van der Waals surface area contributed by atoms with E-state index in [1.54, 1.807) is 18.2 Å². The highest BCUT2D eigenvalue weighted by Crippen LogP contribution is 2.31. The van der Waals surface area contributed by atoms with E-state index in [9.17, 15) is 9.59 Å². The molecule has 0 aliphatic carbocycles. The van der Waals surface area contributed by atoms with Gasteiger partial charge in [-0.1, -0.05) is 0 Å². The molecule has 1 amide bonds. The third-order valence-electron chi connectivity index (χ3n) is 5.53. The van der Waals surface area contributed by atoms with Crippen LogP contribution in [0.2, 0.25) is 0 Å². The van der Waals surface area contributed by atoms with Gasteiger partial charge in [0.05, 0.1) is 16.6 Å². The second-order valence-corrected chi connectivity index (χ2v) is 7.36. The van der Waals surface area contributed by atoms with E-state index in [2.05, 4.69) is 9.97 Å². The lowest BCUT2D eigenvalue weighted by Crippen LogP contribution is -2.32. The molecule has 1 aliphatic rings. The lowest BCUT2D eigenvalue weighted by Gasteiger charge is -2.17. The van der Waals surface area contributed by atoms with Gasteiger partial charge in [-0.3, -0.25) is 4.79 Å². The maximum atomic E-state index is 12.2. The number of fused-ring (bicyclic) bond motifs is 1. The number of hydrogen-bond acceptors (Lipinski definition) is 4. The number of imidazole rings is 1. The summed E-state index contributed by atoms with van der Waals surface area (Å²) in [4.78, 5) is 33.0. The summed E-state index contributed by atoms with van der Waals surface area (Å²) in [7, 11) is 0. The fourth-order valence-corrected chi connectivity index (χ4v) is 3.68. The third kappa shape index (κ3) is 3.68. The molecule has 4 rings (SSSR count). The fraction of sp³-hybridized carbons (Fsp3) is 0.318. The molecule has 0 bridgehead atoms. The van der Waals surface area contributed by atoms with Crippen LogP contribution in [0, 0.1) is 13.8 Å². The summed E-state index contributed by atoms with van der Waals surface area (Å²) in [5.41, 5.74) is 4.45. The summed E-state index contributed by atoms with van der Waals surface area (Å²) in [6, 6.07) is 8.58. The highest BCUT2D eigenvalue weighted by molar-refractivity contribution is 5.93. The van der Waals surface area contributed by atoms with Crippen LogP contribution in [0.1, 0.15) is 34.3 Å². The van der Waals surface area contributed by atoms with E-state index in [0.29, 0.717) is 22.6 Å². The predicted molar refractivity (Wildman–Crippen MR) is 109 cm³/mol. The first-order valence-electron chi connectivity index (χ1n) is 9.68. The van der Waals surface area contributed by atoms with Crippen molar-refractivity contribution in [2.24, 2.45) is 0 Å². The number of carboxylic acid groups (broad SMARTS) is 1. The Balaban J connectivity index is 1.57. The van der Waals surface area contributed by atoms with Gasteiger partial charge in [0, 0.05) is 18.7 Å². The number of likely N-dealkylation sites (tertiary alicyclic amines) is 1. The number of aromatic nitrogens is 2. The molecule has 1 fully saturated rings. The molecule has 2 N–H and O–H groups in total. The van der Waals surface area contributed by atoms with Crippen LogP contribution in [0.3, 0.4) is 0 Å². The van der Waals surface area contributed by atoms with E-state index < -0.39 is 5.97 Å². The summed E-state index contributed by atoms with van der Waals surface area (Å²) in [5.74, 6) is 0.404. The van der Waals surface area contributed by atoms with Gasteiger partial charge in [-0.25, -0.2) is 9.78 Å². The number of H-pyrrole nitrogens is 1. The number of amides is 1. The summed E-state index contributed by atoms with van der Waals surface area (Å²) in [6.45, 7) is 5.61. The second-order valence-electron chi connectivity index (χ2n) is 7.36. The number of benzene rings is 2. The molecule has 1 aromatic heterocycles. The van der Waals surface area contributed by atoms with Crippen molar-refractivity contribution in [3.8, 4) is 17.1 Å². The molecule has 2 aromatic carbocycles. The Morgan fingerprint density at radius 2 is 1.90 bits per heavy atom. The van der Waals surface area contributed by atoms with Gasteiger partial charge in [-0.15, -0.1) is 0 Å². The molecule has 0 saturated carbocycles. The maximum Gasteiger partial charge on any atom is 0.335 e. The average molecular weight is 393 g/mol. The van der Waals surface area contributed by atoms with Crippen LogP contribution in [0.5, 0.6) is 5.75 Å². The van der Waals surface area contributed by atoms with E-state index in [1.165, 1.54) is 0 Å². The van der Waals surface area contributed by atoms with E-state index in [0.717, 1.165) is 42.6 Å². The quantitative estimate of drug-likeness (QED) is 0.691. The zero-order valence-corrected chi connectivity index (χ0v) is 16.5. The molecule has 29 heavy (non-hydrogen) atoms. The van der Waals surface area contributed by atoms with Crippen LogP contribution < -0.4 is 4.74 Å². The number of ether oxygens (including phenoxy) is 1. The summed E-state index contributed by atoms with van der Waals surface area (Å²) in [6.07, 6.45) is 2.12. The third-order valence-corrected chi connectivity index (χ3v) is 5.53. The smallest absolute Gasteiger partial charge is 0.335 e. The second kappa shape index (κ2) is 7.58. The molecule has 7 nitrogen and oxygen atoms in total. The standard InChI is InChI=1S/C22H23N3O4/c1-13-14(2)19(29-12-20(26)25-9-3-4-10-25)8-6-16(13)21-23-17-7-5-15(22(27)28)11-18(17)24-21/h5-8,11H,3-4,9-10,12H2,1-2H3,(H,23,24)(H,27,28). The first kappa shape index (κ1) is 19.0. The average Bonchev–Trinajstić information content (AvgIpc) is 3.38. The van der Waals surface area contributed by atoms with Crippen molar-refractivity contribution in [1.82, 2.24) is 14.9 Å². The molecule has 1 aliphatic heterocycles. The highest BCUT2D eigenvalue weighted by atomic mass is 16.5. The van der Waals surface area contributed by atoms with Crippen LogP contribution in [0.4, 0.5) is 0 Å². The molecular weight excluding hydrogens is 370 g/mol. The number of carbonyl (C=O) groups excluding carboxylic acids is 1. The molecular formula is C22H23N3O4. The van der Waals surface area contributed by atoms with Gasteiger partial charge < -0.3 is 19.7 Å². The summed E-state index contributed by atoms with van der Waals surface area (Å²) >= 11 is 0. The zero-order chi connectivity index (χ0) is 20.5. The Labute approximate surface area is 168 Å². The largest absolute Gasteiger partial charge is 0.483 e. The number of nitrogens with zero attached hydrogens (tertiary/aromatic N) is 2. The van der Waals surface area contributed by atoms with Crippen LogP contribution in [-0.2, 0) is 4.79 Å². The molecule has 0 radical (unpaired) electrons. The van der Waals surface area contributed by atoms with Crippen molar-refractivity contribution in [1.29, 1.82) is 0 Å². The van der Waals surface area contributed by atoms with Crippen LogP contribution in [-0.4, -0.2) is 51.5 Å². The van der Waals surface area contributed by atoms with Crippen LogP contribution in [0.25, 0.3) is 22.4 Å². The molecule has 0 unspecified atom stereocenters. The Bertz CT molecular complexity index is 1100. The highest BCUT2D eigenvalue weighted by Gasteiger charge is 2.19. The molecule has 1 saturated heterocycles. The molecule has 2 heterocycles. The number of carbonyl (C=O) groups is 2. The van der Waals surface area contributed by atoms with Crippen molar-refractivity contribution >= 4 is 22.9 Å². The molecule has 3 aromatic rings.